The molecule has 0 spiro atoms. The Balaban J connectivity index is 2.30. The lowest BCUT2D eigenvalue weighted by molar-refractivity contribution is 0.543. The summed E-state index contributed by atoms with van der Waals surface area (Å²) in [7, 11) is 0. The number of benzene rings is 1. The Kier molecular flexibility index (Phi) is 5.10. The third-order valence-electron chi connectivity index (χ3n) is 3.34. The van der Waals surface area contributed by atoms with Crippen LogP contribution in [0.25, 0.3) is 0 Å². The minimum absolute atomic E-state index is 0.0769. The molecule has 20 heavy (non-hydrogen) atoms. The van der Waals surface area contributed by atoms with Crippen LogP contribution in [0.3, 0.4) is 0 Å². The van der Waals surface area contributed by atoms with Gasteiger partial charge in [0.1, 0.15) is 5.82 Å². The summed E-state index contributed by atoms with van der Waals surface area (Å²) >= 11 is 6.16. The average Bonchev–Trinajstić information content (AvgIpc) is 2.43. The van der Waals surface area contributed by atoms with E-state index in [9.17, 15) is 4.39 Å². The maximum atomic E-state index is 13.4. The number of nitrogens with zero attached hydrogens (tertiary/aromatic N) is 1. The van der Waals surface area contributed by atoms with Gasteiger partial charge in [-0.3, -0.25) is 4.98 Å². The highest BCUT2D eigenvalue weighted by atomic mass is 35.5. The Morgan fingerprint density at radius 1 is 1.35 bits per heavy atom. The second-order valence-corrected chi connectivity index (χ2v) is 5.19. The van der Waals surface area contributed by atoms with Gasteiger partial charge < -0.3 is 5.32 Å². The predicted molar refractivity (Wildman–Crippen MR) is 80.5 cm³/mol. The predicted octanol–water partition coefficient (Wildman–Crippen LogP) is 4.08. The van der Waals surface area contributed by atoms with Crippen LogP contribution in [0, 0.1) is 12.7 Å². The van der Waals surface area contributed by atoms with Crippen LogP contribution in [0.5, 0.6) is 0 Å². The summed E-state index contributed by atoms with van der Waals surface area (Å²) < 4.78 is 13.4. The van der Waals surface area contributed by atoms with Crippen molar-refractivity contribution in [3.8, 4) is 0 Å². The number of likely N-dealkylation sites (N-methyl/N-ethyl adjacent to an activating group) is 1. The fourth-order valence-corrected chi connectivity index (χ4v) is 2.49. The first-order valence-corrected chi connectivity index (χ1v) is 7.07. The molecule has 1 aromatic heterocycles. The zero-order valence-corrected chi connectivity index (χ0v) is 12.4. The fourth-order valence-electron chi connectivity index (χ4n) is 2.30. The van der Waals surface area contributed by atoms with Gasteiger partial charge in [0, 0.05) is 23.5 Å². The maximum absolute atomic E-state index is 13.4. The lowest BCUT2D eigenvalue weighted by Gasteiger charge is -2.20. The van der Waals surface area contributed by atoms with E-state index in [0.717, 1.165) is 17.7 Å². The minimum atomic E-state index is -0.262. The highest BCUT2D eigenvalue weighted by Crippen LogP contribution is 2.25. The van der Waals surface area contributed by atoms with Gasteiger partial charge in [-0.2, -0.15) is 0 Å². The van der Waals surface area contributed by atoms with Crippen LogP contribution in [0.2, 0.25) is 5.02 Å². The van der Waals surface area contributed by atoms with Crippen molar-refractivity contribution in [2.24, 2.45) is 0 Å². The largest absolute Gasteiger partial charge is 0.310 e. The topological polar surface area (TPSA) is 24.9 Å². The normalized spacial score (nSPS) is 12.4. The Morgan fingerprint density at radius 3 is 2.85 bits per heavy atom. The van der Waals surface area contributed by atoms with Crippen LogP contribution < -0.4 is 5.32 Å². The molecule has 0 aliphatic heterocycles. The molecule has 0 amide bonds. The Hall–Kier alpha value is -1.45. The van der Waals surface area contributed by atoms with Gasteiger partial charge in [0.25, 0.3) is 0 Å². The standard InChI is InChI=1S/C16H18ClFN2/c1-3-20-16(14-10-19-7-6-11(14)2)9-12-8-13(18)4-5-15(12)17/h4-8,10,16,20H,3,9H2,1-2H3. The van der Waals surface area contributed by atoms with Gasteiger partial charge in [-0.15, -0.1) is 0 Å². The van der Waals surface area contributed by atoms with Crippen LogP contribution >= 0.6 is 11.6 Å². The molecule has 1 aromatic carbocycles. The van der Waals surface area contributed by atoms with E-state index in [1.165, 1.54) is 17.7 Å². The number of halogens is 2. The number of pyridine rings is 1. The number of nitrogens with one attached hydrogen (secondary N) is 1. The molecule has 0 fully saturated rings. The fraction of sp³-hybridized carbons (Fsp3) is 0.312. The molecule has 1 atom stereocenters. The summed E-state index contributed by atoms with van der Waals surface area (Å²) in [5, 5.41) is 4.01. The van der Waals surface area contributed by atoms with Crippen molar-refractivity contribution in [1.29, 1.82) is 0 Å². The molecule has 0 radical (unpaired) electrons. The molecule has 4 heteroatoms. The van der Waals surface area contributed by atoms with E-state index in [0.29, 0.717) is 11.4 Å². The molecule has 0 aliphatic carbocycles. The van der Waals surface area contributed by atoms with Crippen molar-refractivity contribution >= 4 is 11.6 Å². The van der Waals surface area contributed by atoms with Crippen LogP contribution in [-0.2, 0) is 6.42 Å². The average molecular weight is 293 g/mol. The lowest BCUT2D eigenvalue weighted by Crippen LogP contribution is -2.24. The van der Waals surface area contributed by atoms with Crippen molar-refractivity contribution in [3.05, 3.63) is 64.2 Å². The molecule has 1 N–H and O–H groups in total. The molecule has 1 heterocycles. The zero-order chi connectivity index (χ0) is 14.5. The first kappa shape index (κ1) is 14.9. The zero-order valence-electron chi connectivity index (χ0n) is 11.7. The van der Waals surface area contributed by atoms with Gasteiger partial charge in [-0.1, -0.05) is 18.5 Å². The second-order valence-electron chi connectivity index (χ2n) is 4.78. The Morgan fingerprint density at radius 2 is 2.15 bits per heavy atom. The van der Waals surface area contributed by atoms with Crippen molar-refractivity contribution in [3.63, 3.8) is 0 Å². The first-order chi connectivity index (χ1) is 9.61. The van der Waals surface area contributed by atoms with Crippen molar-refractivity contribution < 1.29 is 4.39 Å². The molecular weight excluding hydrogens is 275 g/mol. The SMILES string of the molecule is CCNC(Cc1cc(F)ccc1Cl)c1cnccc1C. The molecule has 1 unspecified atom stereocenters. The summed E-state index contributed by atoms with van der Waals surface area (Å²) in [6.45, 7) is 4.92. The summed E-state index contributed by atoms with van der Waals surface area (Å²) in [5.74, 6) is -0.262. The van der Waals surface area contributed by atoms with E-state index >= 15 is 0 Å². The van der Waals surface area contributed by atoms with E-state index < -0.39 is 0 Å². The molecule has 0 aliphatic rings. The molecule has 0 bridgehead atoms. The third-order valence-corrected chi connectivity index (χ3v) is 3.71. The number of aromatic nitrogens is 1. The van der Waals surface area contributed by atoms with E-state index in [4.69, 9.17) is 11.6 Å². The minimum Gasteiger partial charge on any atom is -0.310 e. The lowest BCUT2D eigenvalue weighted by atomic mass is 9.97. The number of aryl methyl sites for hydroxylation is 1. The summed E-state index contributed by atoms with van der Waals surface area (Å²) in [5.41, 5.74) is 3.09. The van der Waals surface area contributed by atoms with E-state index in [1.54, 1.807) is 12.3 Å². The molecular formula is C16H18ClFN2. The first-order valence-electron chi connectivity index (χ1n) is 6.69. The summed E-state index contributed by atoms with van der Waals surface area (Å²) in [6, 6.07) is 6.54. The van der Waals surface area contributed by atoms with Gasteiger partial charge in [0.05, 0.1) is 0 Å². The third kappa shape index (κ3) is 3.56. The molecule has 2 rings (SSSR count). The van der Waals surface area contributed by atoms with Gasteiger partial charge in [-0.05, 0) is 60.8 Å². The monoisotopic (exact) mass is 292 g/mol. The Labute approximate surface area is 124 Å². The molecule has 0 saturated carbocycles. The van der Waals surface area contributed by atoms with Crippen molar-refractivity contribution in [2.45, 2.75) is 26.3 Å². The van der Waals surface area contributed by atoms with Gasteiger partial charge in [-0.25, -0.2) is 4.39 Å². The van der Waals surface area contributed by atoms with Crippen LogP contribution in [0.4, 0.5) is 4.39 Å². The van der Waals surface area contributed by atoms with E-state index in [1.807, 2.05) is 19.2 Å². The van der Waals surface area contributed by atoms with Gasteiger partial charge >= 0.3 is 0 Å². The highest BCUT2D eigenvalue weighted by molar-refractivity contribution is 6.31. The Bertz CT molecular complexity index is 586. The summed E-state index contributed by atoms with van der Waals surface area (Å²) in [6.07, 6.45) is 4.27. The number of hydrogen-bond acceptors (Lipinski definition) is 2. The van der Waals surface area contributed by atoms with E-state index in [-0.39, 0.29) is 11.9 Å². The second kappa shape index (κ2) is 6.82. The van der Waals surface area contributed by atoms with Crippen molar-refractivity contribution in [1.82, 2.24) is 10.3 Å². The van der Waals surface area contributed by atoms with E-state index in [2.05, 4.69) is 17.2 Å². The smallest absolute Gasteiger partial charge is 0.123 e. The molecule has 2 aromatic rings. The molecule has 2 nitrogen and oxygen atoms in total. The number of hydrogen-bond donors (Lipinski definition) is 1. The summed E-state index contributed by atoms with van der Waals surface area (Å²) in [4.78, 5) is 4.18. The van der Waals surface area contributed by atoms with Crippen LogP contribution in [-0.4, -0.2) is 11.5 Å². The molecule has 0 saturated heterocycles. The van der Waals surface area contributed by atoms with Crippen LogP contribution in [0.15, 0.2) is 36.7 Å². The molecule has 106 valence electrons. The number of rotatable bonds is 5. The van der Waals surface area contributed by atoms with Gasteiger partial charge in [0.15, 0.2) is 0 Å². The highest BCUT2D eigenvalue weighted by Gasteiger charge is 2.15. The van der Waals surface area contributed by atoms with Gasteiger partial charge in [0.2, 0.25) is 0 Å². The van der Waals surface area contributed by atoms with Crippen LogP contribution in [0.1, 0.15) is 29.7 Å². The van der Waals surface area contributed by atoms with Crippen molar-refractivity contribution in [2.75, 3.05) is 6.54 Å². The quantitative estimate of drug-likeness (QED) is 0.898. The maximum Gasteiger partial charge on any atom is 0.123 e.